The van der Waals surface area contributed by atoms with Crippen molar-refractivity contribution in [3.63, 3.8) is 0 Å². The first-order valence-electron chi connectivity index (χ1n) is 6.58. The van der Waals surface area contributed by atoms with E-state index in [-0.39, 0.29) is 6.10 Å². The summed E-state index contributed by atoms with van der Waals surface area (Å²) in [6.07, 6.45) is 7.77. The molecule has 2 N–H and O–H groups in total. The van der Waals surface area contributed by atoms with Crippen LogP contribution in [0, 0.1) is 17.3 Å². The average molecular weight is 209 g/mol. The Morgan fingerprint density at radius 3 is 2.40 bits per heavy atom. The van der Waals surface area contributed by atoms with Crippen molar-refractivity contribution in [2.24, 2.45) is 17.3 Å². The first kappa shape index (κ1) is 10.1. The maximum Gasteiger partial charge on any atom is 0.0550 e. The fraction of sp³-hybridized carbons (Fsp3) is 1.00. The van der Waals surface area contributed by atoms with Gasteiger partial charge in [-0.15, -0.1) is 0 Å². The zero-order valence-electron chi connectivity index (χ0n) is 9.71. The predicted octanol–water partition coefficient (Wildman–Crippen LogP) is 1.93. The van der Waals surface area contributed by atoms with Crippen LogP contribution in [-0.2, 0) is 0 Å². The van der Waals surface area contributed by atoms with Crippen molar-refractivity contribution >= 4 is 0 Å². The molecule has 2 nitrogen and oxygen atoms in total. The Bertz CT molecular complexity index is 231. The zero-order valence-corrected chi connectivity index (χ0v) is 9.71. The molecule has 0 aromatic carbocycles. The minimum absolute atomic E-state index is 0.0327. The van der Waals surface area contributed by atoms with Gasteiger partial charge in [0.15, 0.2) is 0 Å². The van der Waals surface area contributed by atoms with Crippen LogP contribution in [0.1, 0.15) is 45.4 Å². The van der Waals surface area contributed by atoms with Gasteiger partial charge in [-0.2, -0.15) is 0 Å². The molecule has 0 unspecified atom stereocenters. The summed E-state index contributed by atoms with van der Waals surface area (Å²) in [7, 11) is 0. The van der Waals surface area contributed by atoms with Gasteiger partial charge in [-0.05, 0) is 62.3 Å². The molecule has 0 amide bonds. The van der Waals surface area contributed by atoms with Crippen LogP contribution in [0.3, 0.4) is 0 Å². The van der Waals surface area contributed by atoms with Crippen LogP contribution < -0.4 is 5.32 Å². The van der Waals surface area contributed by atoms with Crippen molar-refractivity contribution in [1.29, 1.82) is 0 Å². The van der Waals surface area contributed by atoms with Crippen LogP contribution in [0.2, 0.25) is 0 Å². The molecule has 86 valence electrons. The maximum absolute atomic E-state index is 9.36. The van der Waals surface area contributed by atoms with Gasteiger partial charge in [0.25, 0.3) is 0 Å². The Morgan fingerprint density at radius 1 is 1.13 bits per heavy atom. The number of aliphatic hydroxyl groups is 1. The normalized spacial score (nSPS) is 54.8. The molecule has 3 fully saturated rings. The van der Waals surface area contributed by atoms with E-state index >= 15 is 0 Å². The van der Waals surface area contributed by atoms with Crippen LogP contribution in [0.15, 0.2) is 0 Å². The van der Waals surface area contributed by atoms with Crippen LogP contribution in [0.4, 0.5) is 0 Å². The van der Waals surface area contributed by atoms with Crippen molar-refractivity contribution in [2.45, 2.75) is 57.6 Å². The summed E-state index contributed by atoms with van der Waals surface area (Å²) in [4.78, 5) is 0. The minimum atomic E-state index is 0.0327. The molecule has 2 atom stereocenters. The Hall–Kier alpha value is -0.0800. The van der Waals surface area contributed by atoms with E-state index in [9.17, 15) is 5.11 Å². The molecule has 2 aliphatic carbocycles. The van der Waals surface area contributed by atoms with Gasteiger partial charge in [0.1, 0.15) is 0 Å². The van der Waals surface area contributed by atoms with E-state index < -0.39 is 0 Å². The largest absolute Gasteiger partial charge is 0.393 e. The molecule has 0 aromatic rings. The van der Waals surface area contributed by atoms with Crippen LogP contribution in [0.5, 0.6) is 0 Å². The highest BCUT2D eigenvalue weighted by atomic mass is 16.3. The van der Waals surface area contributed by atoms with E-state index in [1.165, 1.54) is 32.2 Å². The number of nitrogens with one attached hydrogen (secondary N) is 1. The molecule has 1 saturated heterocycles. The summed E-state index contributed by atoms with van der Waals surface area (Å²) in [5.41, 5.74) is 0.592. The minimum Gasteiger partial charge on any atom is -0.393 e. The van der Waals surface area contributed by atoms with Crippen molar-refractivity contribution in [3.05, 3.63) is 0 Å². The highest BCUT2D eigenvalue weighted by Gasteiger charge is 2.54. The van der Waals surface area contributed by atoms with Gasteiger partial charge < -0.3 is 10.4 Å². The lowest BCUT2D eigenvalue weighted by atomic mass is 9.49. The van der Waals surface area contributed by atoms with Crippen molar-refractivity contribution < 1.29 is 5.11 Å². The summed E-state index contributed by atoms with van der Waals surface area (Å²) in [6.45, 7) is 3.56. The molecule has 2 saturated carbocycles. The number of rotatable bonds is 1. The number of hydrogen-bond acceptors (Lipinski definition) is 2. The third-order valence-electron chi connectivity index (χ3n) is 5.00. The second-order valence-electron chi connectivity index (χ2n) is 6.43. The highest BCUT2D eigenvalue weighted by Crippen LogP contribution is 2.59. The molecule has 0 aromatic heterocycles. The molecular formula is C13H23NO. The van der Waals surface area contributed by atoms with E-state index in [1.807, 2.05) is 0 Å². The first-order valence-corrected chi connectivity index (χ1v) is 6.58. The summed E-state index contributed by atoms with van der Waals surface area (Å²) in [5.74, 6) is 1.80. The van der Waals surface area contributed by atoms with E-state index in [0.29, 0.717) is 5.41 Å². The Labute approximate surface area is 92.4 Å². The molecule has 0 bridgehead atoms. The van der Waals surface area contributed by atoms with Gasteiger partial charge in [0.05, 0.1) is 6.10 Å². The monoisotopic (exact) mass is 209 g/mol. The van der Waals surface area contributed by atoms with Gasteiger partial charge >= 0.3 is 0 Å². The van der Waals surface area contributed by atoms with Crippen LogP contribution >= 0.6 is 0 Å². The predicted molar refractivity (Wildman–Crippen MR) is 60.6 cm³/mol. The Morgan fingerprint density at radius 2 is 1.87 bits per heavy atom. The summed E-state index contributed by atoms with van der Waals surface area (Å²) < 4.78 is 0. The van der Waals surface area contributed by atoms with Crippen LogP contribution in [0.25, 0.3) is 0 Å². The van der Waals surface area contributed by atoms with Crippen LogP contribution in [-0.4, -0.2) is 23.8 Å². The van der Waals surface area contributed by atoms with Crippen molar-refractivity contribution in [1.82, 2.24) is 5.32 Å². The number of aliphatic hydroxyl groups excluding tert-OH is 1. The number of hydrogen-bond donors (Lipinski definition) is 2. The molecule has 1 heterocycles. The summed E-state index contributed by atoms with van der Waals surface area (Å²) >= 11 is 0. The third-order valence-corrected chi connectivity index (χ3v) is 5.00. The quantitative estimate of drug-likeness (QED) is 0.691. The smallest absolute Gasteiger partial charge is 0.0550 e. The lowest BCUT2D eigenvalue weighted by Crippen LogP contribution is -2.56. The Kier molecular flexibility index (Phi) is 2.33. The second kappa shape index (κ2) is 3.46. The molecule has 15 heavy (non-hydrogen) atoms. The standard InChI is InChI=1S/C13H23NO/c1-9-2-3-12(14-8-9)10-4-13(5-10)6-11(15)7-13/h9-12,14-15H,2-8H2,1H3/t9-,10?,11?,12+,13?/m1/s1. The van der Waals surface area contributed by atoms with E-state index in [2.05, 4.69) is 12.2 Å². The maximum atomic E-state index is 9.36. The van der Waals surface area contributed by atoms with Crippen molar-refractivity contribution in [3.8, 4) is 0 Å². The van der Waals surface area contributed by atoms with Crippen molar-refractivity contribution in [2.75, 3.05) is 6.54 Å². The topological polar surface area (TPSA) is 32.3 Å². The van der Waals surface area contributed by atoms with E-state index in [0.717, 1.165) is 30.7 Å². The van der Waals surface area contributed by atoms with E-state index in [4.69, 9.17) is 0 Å². The van der Waals surface area contributed by atoms with Gasteiger partial charge in [0.2, 0.25) is 0 Å². The first-order chi connectivity index (χ1) is 7.17. The summed E-state index contributed by atoms with van der Waals surface area (Å²) in [6, 6.07) is 0.796. The number of piperidine rings is 1. The molecule has 1 aliphatic heterocycles. The molecule has 3 aliphatic rings. The fourth-order valence-electron chi connectivity index (χ4n) is 4.03. The molecule has 3 rings (SSSR count). The zero-order chi connectivity index (χ0) is 10.5. The van der Waals surface area contributed by atoms with E-state index in [1.54, 1.807) is 0 Å². The lowest BCUT2D eigenvalue weighted by Gasteiger charge is -2.58. The molecular weight excluding hydrogens is 186 g/mol. The summed E-state index contributed by atoms with van der Waals surface area (Å²) in [5, 5.41) is 13.1. The highest BCUT2D eigenvalue weighted by molar-refractivity contribution is 5.06. The average Bonchev–Trinajstić information content (AvgIpc) is 2.11. The van der Waals surface area contributed by atoms with Gasteiger partial charge in [-0.3, -0.25) is 0 Å². The molecule has 0 radical (unpaired) electrons. The molecule has 1 spiro atoms. The SMILES string of the molecule is C[C@@H]1CC[C@@H](C2CC3(CC(O)C3)C2)NC1. The second-order valence-corrected chi connectivity index (χ2v) is 6.43. The van der Waals surface area contributed by atoms with Gasteiger partial charge in [-0.25, -0.2) is 0 Å². The fourth-order valence-corrected chi connectivity index (χ4v) is 4.03. The Balaban J connectivity index is 1.47. The van der Waals surface area contributed by atoms with Gasteiger partial charge in [0, 0.05) is 6.04 Å². The molecule has 2 heteroatoms. The lowest BCUT2D eigenvalue weighted by molar-refractivity contribution is -0.120. The van der Waals surface area contributed by atoms with Gasteiger partial charge in [-0.1, -0.05) is 6.92 Å². The third kappa shape index (κ3) is 1.72.